The van der Waals surface area contributed by atoms with Crippen LogP contribution in [0.2, 0.25) is 5.02 Å². The van der Waals surface area contributed by atoms with Crippen LogP contribution in [0.5, 0.6) is 5.75 Å². The molecule has 1 aliphatic rings. The lowest BCUT2D eigenvalue weighted by molar-refractivity contribution is 0.281. The molecule has 0 fully saturated rings. The summed E-state index contributed by atoms with van der Waals surface area (Å²) >= 11 is 5.95. The summed E-state index contributed by atoms with van der Waals surface area (Å²) in [5.74, 6) is 0.682. The highest BCUT2D eigenvalue weighted by molar-refractivity contribution is 6.31. The molecule has 5 N–H and O–H groups in total. The quantitative estimate of drug-likeness (QED) is 0.694. The van der Waals surface area contributed by atoms with Gasteiger partial charge >= 0.3 is 6.08 Å². The number of hydrazone groups is 1. The normalized spacial score (nSPS) is 14.8. The second kappa shape index (κ2) is 4.42. The fourth-order valence-electron chi connectivity index (χ4n) is 1.17. The van der Waals surface area contributed by atoms with Crippen LogP contribution in [0.15, 0.2) is 35.0 Å². The number of nitrogens with two attached hydrogens (primary N) is 2. The summed E-state index contributed by atoms with van der Waals surface area (Å²) in [7, 11) is 0. The topological polar surface area (TPSA) is 94.9 Å². The Labute approximate surface area is 103 Å². The minimum absolute atomic E-state index is 0.00896. The predicted octanol–water partition coefficient (Wildman–Crippen LogP) is 0.962. The van der Waals surface area contributed by atoms with Crippen molar-refractivity contribution in [2.75, 3.05) is 0 Å². The van der Waals surface area contributed by atoms with Crippen LogP contribution in [0.1, 0.15) is 5.56 Å². The Morgan fingerprint density at radius 3 is 2.88 bits per heavy atom. The summed E-state index contributed by atoms with van der Waals surface area (Å²) in [4.78, 5) is 0. The van der Waals surface area contributed by atoms with Gasteiger partial charge in [-0.2, -0.15) is 0 Å². The first kappa shape index (κ1) is 11.4. The predicted molar refractivity (Wildman–Crippen MR) is 63.9 cm³/mol. The van der Waals surface area contributed by atoms with Crippen LogP contribution in [0.4, 0.5) is 0 Å². The first-order valence-corrected chi connectivity index (χ1v) is 5.15. The second-order valence-electron chi connectivity index (χ2n) is 3.33. The van der Waals surface area contributed by atoms with Crippen molar-refractivity contribution in [3.8, 4) is 5.75 Å². The van der Waals surface area contributed by atoms with E-state index in [-0.39, 0.29) is 17.8 Å². The molecule has 1 aromatic rings. The molecule has 0 radical (unpaired) electrons. The van der Waals surface area contributed by atoms with Crippen LogP contribution in [0, 0.1) is 6.92 Å². The van der Waals surface area contributed by atoms with Crippen molar-refractivity contribution in [2.45, 2.75) is 6.92 Å². The van der Waals surface area contributed by atoms with Gasteiger partial charge < -0.3 is 20.9 Å². The minimum atomic E-state index is -0.0398. The molecule has 0 aromatic heterocycles. The lowest BCUT2D eigenvalue weighted by Crippen LogP contribution is -2.32. The van der Waals surface area contributed by atoms with Crippen LogP contribution >= 0.6 is 11.6 Å². The maximum atomic E-state index is 5.95. The van der Waals surface area contributed by atoms with E-state index >= 15 is 0 Å². The molecule has 0 amide bonds. The van der Waals surface area contributed by atoms with Gasteiger partial charge in [0.15, 0.2) is 5.82 Å². The van der Waals surface area contributed by atoms with E-state index in [1.807, 2.05) is 6.92 Å². The van der Waals surface area contributed by atoms with Gasteiger partial charge in [-0.25, -0.2) is 0 Å². The summed E-state index contributed by atoms with van der Waals surface area (Å²) < 4.78 is 10.4. The Morgan fingerprint density at radius 1 is 1.41 bits per heavy atom. The van der Waals surface area contributed by atoms with E-state index < -0.39 is 0 Å². The average Bonchev–Trinajstić information content (AvgIpc) is 2.30. The molecular formula is C10H11ClN4O2. The number of halogens is 1. The van der Waals surface area contributed by atoms with Crippen LogP contribution in [-0.4, -0.2) is 6.08 Å². The number of ether oxygens (including phenoxy) is 2. The maximum absolute atomic E-state index is 5.95. The van der Waals surface area contributed by atoms with Crippen molar-refractivity contribution >= 4 is 17.7 Å². The van der Waals surface area contributed by atoms with Gasteiger partial charge in [0.1, 0.15) is 5.75 Å². The molecule has 17 heavy (non-hydrogen) atoms. The molecule has 0 saturated carbocycles. The SMILES string of the molecule is Cc1c(Cl)cccc1OC1=NNC(N)=C(N)O1. The Balaban J connectivity index is 2.15. The number of benzene rings is 1. The van der Waals surface area contributed by atoms with E-state index in [4.69, 9.17) is 32.5 Å². The van der Waals surface area contributed by atoms with Crippen molar-refractivity contribution in [1.29, 1.82) is 0 Å². The van der Waals surface area contributed by atoms with Crippen LogP contribution in [0.3, 0.4) is 0 Å². The summed E-state index contributed by atoms with van der Waals surface area (Å²) in [5.41, 5.74) is 14.1. The van der Waals surface area contributed by atoms with Gasteiger partial charge in [-0.15, -0.1) is 0 Å². The molecule has 0 spiro atoms. The Morgan fingerprint density at radius 2 is 2.18 bits per heavy atom. The highest BCUT2D eigenvalue weighted by Crippen LogP contribution is 2.25. The molecule has 90 valence electrons. The standard InChI is InChI=1S/C10H11ClN4O2/c1-5-6(11)3-2-4-7(5)16-10-15-14-8(12)9(13)17-10/h2-4,14H,12-13H2,1H3. The lowest BCUT2D eigenvalue weighted by Gasteiger charge is -2.16. The zero-order valence-electron chi connectivity index (χ0n) is 9.03. The molecule has 1 heterocycles. The Kier molecular flexibility index (Phi) is 2.97. The van der Waals surface area contributed by atoms with Crippen molar-refractivity contribution in [3.63, 3.8) is 0 Å². The highest BCUT2D eigenvalue weighted by Gasteiger charge is 2.16. The number of hydrogen-bond acceptors (Lipinski definition) is 6. The molecule has 0 atom stereocenters. The first-order chi connectivity index (χ1) is 8.08. The van der Waals surface area contributed by atoms with Crippen molar-refractivity contribution < 1.29 is 9.47 Å². The van der Waals surface area contributed by atoms with Gasteiger partial charge in [0.05, 0.1) is 0 Å². The van der Waals surface area contributed by atoms with E-state index in [1.165, 1.54) is 0 Å². The van der Waals surface area contributed by atoms with Gasteiger partial charge in [0.2, 0.25) is 5.88 Å². The van der Waals surface area contributed by atoms with E-state index in [2.05, 4.69) is 10.5 Å². The second-order valence-corrected chi connectivity index (χ2v) is 3.74. The fraction of sp³-hybridized carbons (Fsp3) is 0.100. The molecule has 1 aliphatic heterocycles. The molecule has 7 heteroatoms. The lowest BCUT2D eigenvalue weighted by atomic mass is 10.2. The fourth-order valence-corrected chi connectivity index (χ4v) is 1.33. The monoisotopic (exact) mass is 254 g/mol. The maximum Gasteiger partial charge on any atom is 0.418 e. The number of nitrogens with zero attached hydrogens (tertiary/aromatic N) is 1. The van der Waals surface area contributed by atoms with E-state index in [9.17, 15) is 0 Å². The smallest absolute Gasteiger partial charge is 0.410 e. The van der Waals surface area contributed by atoms with Gasteiger partial charge in [-0.05, 0) is 19.1 Å². The number of nitrogens with one attached hydrogen (secondary N) is 1. The molecule has 0 bridgehead atoms. The molecule has 0 saturated heterocycles. The summed E-state index contributed by atoms with van der Waals surface area (Å²) in [5, 5.41) is 4.34. The highest BCUT2D eigenvalue weighted by atomic mass is 35.5. The zero-order valence-corrected chi connectivity index (χ0v) is 9.78. The largest absolute Gasteiger partial charge is 0.418 e. The van der Waals surface area contributed by atoms with Gasteiger partial charge in [-0.1, -0.05) is 22.8 Å². The third kappa shape index (κ3) is 2.36. The molecule has 0 unspecified atom stereocenters. The van der Waals surface area contributed by atoms with E-state index in [1.54, 1.807) is 18.2 Å². The van der Waals surface area contributed by atoms with Crippen molar-refractivity contribution in [2.24, 2.45) is 16.6 Å². The molecule has 2 rings (SSSR count). The summed E-state index contributed by atoms with van der Waals surface area (Å²) in [6.07, 6.45) is -0.0398. The van der Waals surface area contributed by atoms with Gasteiger partial charge in [0.25, 0.3) is 0 Å². The van der Waals surface area contributed by atoms with Crippen LogP contribution in [0.25, 0.3) is 0 Å². The third-order valence-electron chi connectivity index (χ3n) is 2.15. The summed E-state index contributed by atoms with van der Waals surface area (Å²) in [6.45, 7) is 1.82. The van der Waals surface area contributed by atoms with Crippen molar-refractivity contribution in [1.82, 2.24) is 5.43 Å². The van der Waals surface area contributed by atoms with Crippen LogP contribution in [-0.2, 0) is 4.74 Å². The number of hydrogen-bond donors (Lipinski definition) is 3. The van der Waals surface area contributed by atoms with Gasteiger partial charge in [-0.3, -0.25) is 5.43 Å². The van der Waals surface area contributed by atoms with E-state index in [0.717, 1.165) is 5.56 Å². The first-order valence-electron chi connectivity index (χ1n) is 4.77. The Bertz CT molecular complexity index is 513. The van der Waals surface area contributed by atoms with Crippen molar-refractivity contribution in [3.05, 3.63) is 40.5 Å². The minimum Gasteiger partial charge on any atom is -0.410 e. The average molecular weight is 255 g/mol. The molecule has 1 aromatic carbocycles. The number of rotatable bonds is 1. The molecular weight excluding hydrogens is 244 g/mol. The van der Waals surface area contributed by atoms with Crippen LogP contribution < -0.4 is 21.6 Å². The Hall–Kier alpha value is -2.08. The van der Waals surface area contributed by atoms with E-state index in [0.29, 0.717) is 10.8 Å². The van der Waals surface area contributed by atoms with Gasteiger partial charge in [0, 0.05) is 10.6 Å². The zero-order chi connectivity index (χ0) is 12.4. The third-order valence-corrected chi connectivity index (χ3v) is 2.56. The summed E-state index contributed by atoms with van der Waals surface area (Å²) in [6, 6.07) is 5.26. The molecule has 0 aliphatic carbocycles. The molecule has 6 nitrogen and oxygen atoms in total.